The minimum Gasteiger partial charge on any atom is -0.271 e. The molecule has 1 unspecified atom stereocenters. The van der Waals surface area contributed by atoms with Crippen molar-refractivity contribution in [1.29, 1.82) is 0 Å². The zero-order valence-electron chi connectivity index (χ0n) is 11.2. The van der Waals surface area contributed by atoms with Crippen LogP contribution in [0.4, 0.5) is 8.78 Å². The molecule has 0 bridgehead atoms. The molecule has 0 amide bonds. The first-order valence-electron chi connectivity index (χ1n) is 6.25. The van der Waals surface area contributed by atoms with Gasteiger partial charge in [0.15, 0.2) is 11.6 Å². The summed E-state index contributed by atoms with van der Waals surface area (Å²) in [6.45, 7) is 4.04. The van der Waals surface area contributed by atoms with Crippen LogP contribution in [0.15, 0.2) is 18.2 Å². The monoisotopic (exact) mass is 298 g/mol. The smallest absolute Gasteiger partial charge is 0.159 e. The SMILES string of the molecule is CC(C)c1nnsc1C(Cc1ccc(F)c(F)c1)NN. The summed E-state index contributed by atoms with van der Waals surface area (Å²) in [6.07, 6.45) is 0.442. The summed E-state index contributed by atoms with van der Waals surface area (Å²) < 4.78 is 30.1. The van der Waals surface area contributed by atoms with Crippen LogP contribution in [0.5, 0.6) is 0 Å². The maximum absolute atomic E-state index is 13.2. The maximum atomic E-state index is 13.2. The molecule has 0 saturated heterocycles. The molecule has 0 radical (unpaired) electrons. The second-order valence-corrected chi connectivity index (χ2v) is 5.63. The van der Waals surface area contributed by atoms with Crippen molar-refractivity contribution in [3.05, 3.63) is 46.0 Å². The Balaban J connectivity index is 2.24. The molecule has 4 nitrogen and oxygen atoms in total. The first-order valence-corrected chi connectivity index (χ1v) is 7.02. The first-order chi connectivity index (χ1) is 9.52. The molecule has 0 aliphatic carbocycles. The van der Waals surface area contributed by atoms with Gasteiger partial charge in [-0.05, 0) is 41.6 Å². The molecular weight excluding hydrogens is 282 g/mol. The van der Waals surface area contributed by atoms with Gasteiger partial charge in [-0.2, -0.15) is 0 Å². The number of hydrazine groups is 1. The number of hydrogen-bond acceptors (Lipinski definition) is 5. The average molecular weight is 298 g/mol. The van der Waals surface area contributed by atoms with Crippen LogP contribution in [0.1, 0.15) is 41.9 Å². The van der Waals surface area contributed by atoms with Gasteiger partial charge >= 0.3 is 0 Å². The largest absolute Gasteiger partial charge is 0.271 e. The lowest BCUT2D eigenvalue weighted by Gasteiger charge is -2.16. The van der Waals surface area contributed by atoms with E-state index in [2.05, 4.69) is 15.0 Å². The van der Waals surface area contributed by atoms with Crippen molar-refractivity contribution in [3.8, 4) is 0 Å². The van der Waals surface area contributed by atoms with Gasteiger partial charge in [0, 0.05) is 0 Å². The molecule has 2 rings (SSSR count). The fourth-order valence-electron chi connectivity index (χ4n) is 1.98. The lowest BCUT2D eigenvalue weighted by molar-refractivity contribution is 0.502. The zero-order chi connectivity index (χ0) is 14.7. The number of nitrogens with two attached hydrogens (primary N) is 1. The van der Waals surface area contributed by atoms with E-state index in [0.717, 1.165) is 16.6 Å². The van der Waals surface area contributed by atoms with Crippen molar-refractivity contribution < 1.29 is 8.78 Å². The summed E-state index contributed by atoms with van der Waals surface area (Å²) in [6, 6.07) is 3.62. The van der Waals surface area contributed by atoms with Crippen LogP contribution in [0.2, 0.25) is 0 Å². The summed E-state index contributed by atoms with van der Waals surface area (Å²) in [5, 5.41) is 4.10. The molecule has 0 spiro atoms. The summed E-state index contributed by atoms with van der Waals surface area (Å²) >= 11 is 1.27. The van der Waals surface area contributed by atoms with Gasteiger partial charge < -0.3 is 0 Å². The van der Waals surface area contributed by atoms with Crippen LogP contribution in [-0.4, -0.2) is 9.59 Å². The highest BCUT2D eigenvalue weighted by molar-refractivity contribution is 7.05. The molecule has 1 aromatic carbocycles. The third-order valence-corrected chi connectivity index (χ3v) is 3.88. The average Bonchev–Trinajstić information content (AvgIpc) is 2.89. The molecule has 0 aliphatic heterocycles. The minimum atomic E-state index is -0.857. The van der Waals surface area contributed by atoms with Gasteiger partial charge in [-0.3, -0.25) is 11.3 Å². The van der Waals surface area contributed by atoms with E-state index in [0.29, 0.717) is 12.0 Å². The molecule has 1 heterocycles. The van der Waals surface area contributed by atoms with E-state index in [1.165, 1.54) is 17.6 Å². The van der Waals surface area contributed by atoms with Crippen LogP contribution in [-0.2, 0) is 6.42 Å². The zero-order valence-corrected chi connectivity index (χ0v) is 12.0. The molecule has 3 N–H and O–H groups in total. The Morgan fingerprint density at radius 1 is 1.30 bits per heavy atom. The van der Waals surface area contributed by atoms with E-state index in [4.69, 9.17) is 5.84 Å². The van der Waals surface area contributed by atoms with Crippen LogP contribution < -0.4 is 11.3 Å². The van der Waals surface area contributed by atoms with Gasteiger partial charge in [0.2, 0.25) is 0 Å². The Morgan fingerprint density at radius 3 is 2.65 bits per heavy atom. The van der Waals surface area contributed by atoms with Crippen LogP contribution in [0.25, 0.3) is 0 Å². The molecule has 0 aliphatic rings. The Labute approximate surface area is 120 Å². The highest BCUT2D eigenvalue weighted by atomic mass is 32.1. The quantitative estimate of drug-likeness (QED) is 0.658. The van der Waals surface area contributed by atoms with Crippen molar-refractivity contribution in [1.82, 2.24) is 15.0 Å². The van der Waals surface area contributed by atoms with Gasteiger partial charge in [-0.15, -0.1) is 5.10 Å². The number of hydrogen-bond donors (Lipinski definition) is 2. The molecule has 2 aromatic rings. The molecule has 0 fully saturated rings. The molecule has 20 heavy (non-hydrogen) atoms. The lowest BCUT2D eigenvalue weighted by atomic mass is 10.0. The number of nitrogens with zero attached hydrogens (tertiary/aromatic N) is 2. The Bertz CT molecular complexity index is 586. The van der Waals surface area contributed by atoms with E-state index in [1.54, 1.807) is 6.07 Å². The fourth-order valence-corrected chi connectivity index (χ4v) is 2.84. The predicted octanol–water partition coefficient (Wildman–Crippen LogP) is 2.69. The summed E-state index contributed by atoms with van der Waals surface area (Å²) in [5.41, 5.74) is 4.23. The van der Waals surface area contributed by atoms with Crippen LogP contribution in [0, 0.1) is 11.6 Å². The fraction of sp³-hybridized carbons (Fsp3) is 0.385. The lowest BCUT2D eigenvalue weighted by Crippen LogP contribution is -2.29. The van der Waals surface area contributed by atoms with Gasteiger partial charge in [-0.1, -0.05) is 24.4 Å². The van der Waals surface area contributed by atoms with E-state index < -0.39 is 11.6 Å². The third-order valence-electron chi connectivity index (χ3n) is 3.03. The number of nitrogens with one attached hydrogen (secondary N) is 1. The highest BCUT2D eigenvalue weighted by Crippen LogP contribution is 2.28. The van der Waals surface area contributed by atoms with Crippen LogP contribution >= 0.6 is 11.5 Å². The topological polar surface area (TPSA) is 63.8 Å². The molecule has 108 valence electrons. The van der Waals surface area contributed by atoms with Gasteiger partial charge in [-0.25, -0.2) is 8.78 Å². The molecule has 1 atom stereocenters. The Kier molecular flexibility index (Phi) is 4.74. The highest BCUT2D eigenvalue weighted by Gasteiger charge is 2.21. The Hall–Kier alpha value is -1.44. The van der Waals surface area contributed by atoms with Crippen LogP contribution in [0.3, 0.4) is 0 Å². The number of aromatic nitrogens is 2. The number of halogens is 2. The minimum absolute atomic E-state index is 0.225. The molecular formula is C13H16F2N4S. The number of benzene rings is 1. The standard InChI is InChI=1S/C13H16F2N4S/c1-7(2)12-13(20-19-18-12)11(17-16)6-8-3-4-9(14)10(15)5-8/h3-5,7,11,17H,6,16H2,1-2H3. The van der Waals surface area contributed by atoms with Crippen molar-refractivity contribution in [3.63, 3.8) is 0 Å². The molecule has 7 heteroatoms. The van der Waals surface area contributed by atoms with E-state index in [1.807, 2.05) is 13.8 Å². The summed E-state index contributed by atoms with van der Waals surface area (Å²) in [4.78, 5) is 0.923. The van der Waals surface area contributed by atoms with Crippen molar-refractivity contribution >= 4 is 11.5 Å². The normalized spacial score (nSPS) is 12.9. The van der Waals surface area contributed by atoms with Gasteiger partial charge in [0.25, 0.3) is 0 Å². The van der Waals surface area contributed by atoms with Crippen molar-refractivity contribution in [2.45, 2.75) is 32.2 Å². The Morgan fingerprint density at radius 2 is 2.05 bits per heavy atom. The van der Waals surface area contributed by atoms with Crippen molar-refractivity contribution in [2.24, 2.45) is 5.84 Å². The van der Waals surface area contributed by atoms with E-state index in [9.17, 15) is 8.78 Å². The summed E-state index contributed by atoms with van der Waals surface area (Å²) in [5.74, 6) is 4.10. The predicted molar refractivity (Wildman–Crippen MR) is 74.1 cm³/mol. The van der Waals surface area contributed by atoms with E-state index >= 15 is 0 Å². The summed E-state index contributed by atoms with van der Waals surface area (Å²) in [7, 11) is 0. The first kappa shape index (κ1) is 15.0. The maximum Gasteiger partial charge on any atom is 0.159 e. The second kappa shape index (κ2) is 6.34. The van der Waals surface area contributed by atoms with Crippen molar-refractivity contribution in [2.75, 3.05) is 0 Å². The molecule has 0 saturated carbocycles. The van der Waals surface area contributed by atoms with Gasteiger partial charge in [0.05, 0.1) is 16.6 Å². The third kappa shape index (κ3) is 3.17. The second-order valence-electron chi connectivity index (χ2n) is 4.85. The van der Waals surface area contributed by atoms with Gasteiger partial charge in [0.1, 0.15) is 0 Å². The number of rotatable bonds is 5. The van der Waals surface area contributed by atoms with E-state index in [-0.39, 0.29) is 12.0 Å². The molecule has 1 aromatic heterocycles.